The van der Waals surface area contributed by atoms with Gasteiger partial charge >= 0.3 is 0 Å². The number of unbranched alkanes of at least 4 members (excludes halogenated alkanes) is 9. The van der Waals surface area contributed by atoms with Crippen molar-refractivity contribution in [1.29, 1.82) is 0 Å². The highest BCUT2D eigenvalue weighted by Gasteiger charge is 2.33. The number of aromatic nitrogens is 2. The molecule has 10 heteroatoms. The zero-order valence-electron chi connectivity index (χ0n) is 26.5. The lowest BCUT2D eigenvalue weighted by Crippen LogP contribution is -2.47. The standard InChI is InChI=1S/C35H44FN5O2S2/c1-3-4-5-6-7-8-9-10-11-14-19-40-34(43)30(45-35(40)44)24-27-32(37-31-18-17-26(2)25-41(31)33(27)42)39-22-20-38(21-23-39)29-16-13-12-15-28(29)36/h12-13,15-18,24-25H,3-11,14,19-23H2,1-2H3. The molecule has 0 aliphatic carbocycles. The largest absolute Gasteiger partial charge is 0.366 e. The Balaban J connectivity index is 1.29. The number of halogens is 1. The van der Waals surface area contributed by atoms with E-state index in [0.29, 0.717) is 64.7 Å². The Morgan fingerprint density at radius 2 is 1.53 bits per heavy atom. The summed E-state index contributed by atoms with van der Waals surface area (Å²) in [6.07, 6.45) is 15.7. The molecule has 45 heavy (non-hydrogen) atoms. The molecule has 5 rings (SSSR count). The van der Waals surface area contributed by atoms with Gasteiger partial charge in [0, 0.05) is 38.9 Å². The first kappa shape index (κ1) is 33.1. The maximum Gasteiger partial charge on any atom is 0.267 e. The van der Waals surface area contributed by atoms with E-state index in [1.54, 1.807) is 33.7 Å². The molecule has 0 unspecified atom stereocenters. The maximum absolute atomic E-state index is 14.5. The van der Waals surface area contributed by atoms with Crippen molar-refractivity contribution < 1.29 is 9.18 Å². The highest BCUT2D eigenvalue weighted by molar-refractivity contribution is 8.26. The fourth-order valence-electron chi connectivity index (χ4n) is 6.06. The first-order valence-corrected chi connectivity index (χ1v) is 17.6. The van der Waals surface area contributed by atoms with Crippen LogP contribution in [0.4, 0.5) is 15.9 Å². The molecular weight excluding hydrogens is 606 g/mol. The van der Waals surface area contributed by atoms with Crippen LogP contribution in [0, 0.1) is 12.7 Å². The van der Waals surface area contributed by atoms with Gasteiger partial charge in [0.2, 0.25) is 0 Å². The van der Waals surface area contributed by atoms with Gasteiger partial charge in [-0.05, 0) is 43.2 Å². The van der Waals surface area contributed by atoms with Gasteiger partial charge in [-0.2, -0.15) is 0 Å². The van der Waals surface area contributed by atoms with Gasteiger partial charge in [-0.25, -0.2) is 9.37 Å². The SMILES string of the molecule is CCCCCCCCCCCCN1C(=O)C(=Cc2c(N3CCN(c4ccccc4F)CC3)nc3ccc(C)cn3c2=O)SC1=S. The normalized spacial score (nSPS) is 16.5. The number of amides is 1. The predicted molar refractivity (Wildman–Crippen MR) is 189 cm³/mol. The van der Waals surface area contributed by atoms with Crippen molar-refractivity contribution in [1.82, 2.24) is 14.3 Å². The van der Waals surface area contributed by atoms with Crippen molar-refractivity contribution in [2.24, 2.45) is 0 Å². The van der Waals surface area contributed by atoms with Crippen molar-refractivity contribution in [3.8, 4) is 0 Å². The summed E-state index contributed by atoms with van der Waals surface area (Å²) >= 11 is 6.87. The van der Waals surface area contributed by atoms with Gasteiger partial charge in [-0.1, -0.05) is 107 Å². The number of rotatable bonds is 14. The number of thioether (sulfide) groups is 1. The minimum absolute atomic E-state index is 0.148. The van der Waals surface area contributed by atoms with Crippen LogP contribution >= 0.6 is 24.0 Å². The fourth-order valence-corrected chi connectivity index (χ4v) is 7.35. The molecule has 2 aliphatic heterocycles. The Kier molecular flexibility index (Phi) is 11.7. The van der Waals surface area contributed by atoms with E-state index in [2.05, 4.69) is 11.8 Å². The lowest BCUT2D eigenvalue weighted by Gasteiger charge is -2.37. The third-order valence-electron chi connectivity index (χ3n) is 8.64. The molecule has 0 N–H and O–H groups in total. The molecule has 240 valence electrons. The van der Waals surface area contributed by atoms with Crippen molar-refractivity contribution in [3.05, 3.63) is 74.8 Å². The molecule has 2 aromatic heterocycles. The summed E-state index contributed by atoms with van der Waals surface area (Å²) in [5.74, 6) is 0.144. The zero-order valence-corrected chi connectivity index (χ0v) is 28.1. The number of carbonyl (C=O) groups is 1. The molecular formula is C35H44FN5O2S2. The van der Waals surface area contributed by atoms with E-state index >= 15 is 0 Å². The van der Waals surface area contributed by atoms with Gasteiger partial charge in [0.25, 0.3) is 11.5 Å². The fraction of sp³-hybridized carbons (Fsp3) is 0.486. The molecule has 0 spiro atoms. The second kappa shape index (κ2) is 15.9. The summed E-state index contributed by atoms with van der Waals surface area (Å²) < 4.78 is 16.6. The zero-order chi connectivity index (χ0) is 31.8. The van der Waals surface area contributed by atoms with E-state index < -0.39 is 0 Å². The van der Waals surface area contributed by atoms with Gasteiger partial charge < -0.3 is 9.80 Å². The van der Waals surface area contributed by atoms with Gasteiger partial charge in [0.05, 0.1) is 16.2 Å². The quantitative estimate of drug-likeness (QED) is 0.101. The minimum Gasteiger partial charge on any atom is -0.366 e. The summed E-state index contributed by atoms with van der Waals surface area (Å²) in [7, 11) is 0. The number of pyridine rings is 1. The lowest BCUT2D eigenvalue weighted by molar-refractivity contribution is -0.122. The van der Waals surface area contributed by atoms with Crippen LogP contribution in [0.3, 0.4) is 0 Å². The molecule has 0 atom stereocenters. The van der Waals surface area contributed by atoms with E-state index in [9.17, 15) is 14.0 Å². The van der Waals surface area contributed by atoms with Gasteiger partial charge in [0.15, 0.2) is 0 Å². The highest BCUT2D eigenvalue weighted by Crippen LogP contribution is 2.34. The van der Waals surface area contributed by atoms with Gasteiger partial charge in [-0.3, -0.25) is 18.9 Å². The molecule has 0 saturated carbocycles. The van der Waals surface area contributed by atoms with Crippen LogP contribution in [0.5, 0.6) is 0 Å². The second-order valence-electron chi connectivity index (χ2n) is 12.0. The average molecular weight is 650 g/mol. The average Bonchev–Trinajstić information content (AvgIpc) is 3.31. The Labute approximate surface area is 275 Å². The molecule has 1 aromatic carbocycles. The first-order chi connectivity index (χ1) is 21.9. The van der Waals surface area contributed by atoms with Crippen LogP contribution in [-0.2, 0) is 4.79 Å². The van der Waals surface area contributed by atoms with E-state index in [-0.39, 0.29) is 17.3 Å². The van der Waals surface area contributed by atoms with Crippen LogP contribution in [0.1, 0.15) is 82.3 Å². The number of para-hydroxylation sites is 1. The van der Waals surface area contributed by atoms with Crippen LogP contribution in [0.15, 0.2) is 52.3 Å². The highest BCUT2D eigenvalue weighted by atomic mass is 32.2. The maximum atomic E-state index is 14.5. The van der Waals surface area contributed by atoms with E-state index in [0.717, 1.165) is 18.4 Å². The summed E-state index contributed by atoms with van der Waals surface area (Å²) in [6, 6.07) is 10.6. The van der Waals surface area contributed by atoms with Gasteiger partial charge in [-0.15, -0.1) is 0 Å². The Morgan fingerprint density at radius 1 is 0.889 bits per heavy atom. The number of fused-ring (bicyclic) bond motifs is 1. The molecule has 4 heterocycles. The van der Waals surface area contributed by atoms with Gasteiger partial charge in [0.1, 0.15) is 21.6 Å². The molecule has 0 radical (unpaired) electrons. The summed E-state index contributed by atoms with van der Waals surface area (Å²) in [5.41, 5.74) is 2.20. The monoisotopic (exact) mass is 649 g/mol. The number of aryl methyl sites for hydroxylation is 1. The van der Waals surface area contributed by atoms with Crippen molar-refractivity contribution in [2.75, 3.05) is 42.5 Å². The number of benzene rings is 1. The van der Waals surface area contributed by atoms with Crippen LogP contribution in [0.25, 0.3) is 11.7 Å². The topological polar surface area (TPSA) is 61.2 Å². The number of hydrogen-bond acceptors (Lipinski definition) is 7. The summed E-state index contributed by atoms with van der Waals surface area (Å²) in [6.45, 7) is 7.05. The molecule has 1 amide bonds. The van der Waals surface area contributed by atoms with E-state index in [1.165, 1.54) is 69.2 Å². The van der Waals surface area contributed by atoms with E-state index in [4.69, 9.17) is 17.2 Å². The smallest absolute Gasteiger partial charge is 0.267 e. The second-order valence-corrected chi connectivity index (χ2v) is 13.7. The molecule has 2 aliphatic rings. The third kappa shape index (κ3) is 8.14. The molecule has 2 saturated heterocycles. The Hall–Kier alpha value is -3.24. The number of piperazine rings is 1. The Bertz CT molecular complexity index is 1600. The third-order valence-corrected chi connectivity index (χ3v) is 10.0. The molecule has 2 fully saturated rings. The summed E-state index contributed by atoms with van der Waals surface area (Å²) in [5, 5.41) is 0. The van der Waals surface area contributed by atoms with Crippen LogP contribution < -0.4 is 15.4 Å². The van der Waals surface area contributed by atoms with Crippen molar-refractivity contribution in [2.45, 2.75) is 78.1 Å². The summed E-state index contributed by atoms with van der Waals surface area (Å²) in [4.78, 5) is 38.6. The number of hydrogen-bond donors (Lipinski definition) is 0. The van der Waals surface area contributed by atoms with Crippen molar-refractivity contribution >= 4 is 57.4 Å². The molecule has 0 bridgehead atoms. The molecule has 7 nitrogen and oxygen atoms in total. The number of carbonyl (C=O) groups excluding carboxylic acids is 1. The number of anilines is 2. The van der Waals surface area contributed by atoms with Crippen molar-refractivity contribution in [3.63, 3.8) is 0 Å². The number of thiocarbonyl (C=S) groups is 1. The van der Waals surface area contributed by atoms with Crippen LogP contribution in [-0.4, -0.2) is 57.2 Å². The number of nitrogens with zero attached hydrogens (tertiary/aromatic N) is 5. The Morgan fingerprint density at radius 3 is 2.22 bits per heavy atom. The van der Waals surface area contributed by atoms with E-state index in [1.807, 2.05) is 30.0 Å². The first-order valence-electron chi connectivity index (χ1n) is 16.4. The molecule has 3 aromatic rings. The lowest BCUT2D eigenvalue weighted by atomic mass is 10.1. The minimum atomic E-state index is -0.246. The van der Waals surface area contributed by atoms with Crippen LogP contribution in [0.2, 0.25) is 0 Å². The predicted octanol–water partition coefficient (Wildman–Crippen LogP) is 7.59.